The van der Waals surface area contributed by atoms with E-state index in [1.165, 1.54) is 5.56 Å². The van der Waals surface area contributed by atoms with Crippen LogP contribution in [-0.4, -0.2) is 35.9 Å². The summed E-state index contributed by atoms with van der Waals surface area (Å²) in [5.74, 6) is 0.703. The molecular formula is C27H36N2O3. The Kier molecular flexibility index (Phi) is 8.72. The summed E-state index contributed by atoms with van der Waals surface area (Å²) in [5.41, 5.74) is 3.41. The standard InChI is InChI=1S/C27H36N2O3/c1-4-21-9-11-22(12-10-21)15-18-26(30)29(19-23-13-16-25(32-3)17-14-23)20(2)27(31)28-24-7-5-6-8-24/h9-14,16-17,20,24H,4-8,15,18-19H2,1-3H3,(H,28,31)/t20-/m1/s1. The lowest BCUT2D eigenvalue weighted by Crippen LogP contribution is -2.49. The molecule has 1 aliphatic carbocycles. The van der Waals surface area contributed by atoms with Crippen LogP contribution in [0.3, 0.4) is 0 Å². The van der Waals surface area contributed by atoms with Gasteiger partial charge in [-0.15, -0.1) is 0 Å². The molecule has 0 aromatic heterocycles. The molecule has 0 aliphatic heterocycles. The molecule has 0 saturated heterocycles. The minimum Gasteiger partial charge on any atom is -0.497 e. The van der Waals surface area contributed by atoms with Gasteiger partial charge in [0.1, 0.15) is 11.8 Å². The van der Waals surface area contributed by atoms with E-state index in [1.807, 2.05) is 31.2 Å². The first kappa shape index (κ1) is 23.8. The van der Waals surface area contributed by atoms with Crippen LogP contribution in [0.5, 0.6) is 5.75 Å². The van der Waals surface area contributed by atoms with E-state index in [9.17, 15) is 9.59 Å². The van der Waals surface area contributed by atoms with Crippen molar-refractivity contribution >= 4 is 11.8 Å². The monoisotopic (exact) mass is 436 g/mol. The number of nitrogens with one attached hydrogen (secondary N) is 1. The van der Waals surface area contributed by atoms with E-state index in [-0.39, 0.29) is 17.9 Å². The third kappa shape index (κ3) is 6.59. The van der Waals surface area contributed by atoms with Crippen molar-refractivity contribution in [1.29, 1.82) is 0 Å². The topological polar surface area (TPSA) is 58.6 Å². The van der Waals surface area contributed by atoms with E-state index in [4.69, 9.17) is 4.74 Å². The largest absolute Gasteiger partial charge is 0.497 e. The maximum atomic E-state index is 13.3. The molecule has 32 heavy (non-hydrogen) atoms. The average Bonchev–Trinajstić information content (AvgIpc) is 3.34. The molecule has 0 spiro atoms. The van der Waals surface area contributed by atoms with Crippen LogP contribution >= 0.6 is 0 Å². The van der Waals surface area contributed by atoms with Gasteiger partial charge in [-0.2, -0.15) is 0 Å². The highest BCUT2D eigenvalue weighted by Gasteiger charge is 2.28. The van der Waals surface area contributed by atoms with Gasteiger partial charge in [0, 0.05) is 19.0 Å². The second-order valence-corrected chi connectivity index (χ2v) is 8.71. The molecule has 172 valence electrons. The fourth-order valence-electron chi connectivity index (χ4n) is 4.24. The predicted octanol–water partition coefficient (Wildman–Crippen LogP) is 4.67. The molecule has 0 unspecified atom stereocenters. The molecule has 2 aromatic carbocycles. The number of carbonyl (C=O) groups is 2. The first-order valence-corrected chi connectivity index (χ1v) is 11.8. The number of hydrogen-bond donors (Lipinski definition) is 1. The van der Waals surface area contributed by atoms with Gasteiger partial charge >= 0.3 is 0 Å². The molecule has 0 bridgehead atoms. The summed E-state index contributed by atoms with van der Waals surface area (Å²) < 4.78 is 5.24. The van der Waals surface area contributed by atoms with Crippen molar-refractivity contribution in [3.05, 3.63) is 65.2 Å². The number of benzene rings is 2. The van der Waals surface area contributed by atoms with E-state index in [2.05, 4.69) is 36.5 Å². The molecule has 1 N–H and O–H groups in total. The van der Waals surface area contributed by atoms with Gasteiger partial charge in [-0.25, -0.2) is 0 Å². The maximum absolute atomic E-state index is 13.3. The van der Waals surface area contributed by atoms with Crippen molar-refractivity contribution in [3.63, 3.8) is 0 Å². The Hall–Kier alpha value is -2.82. The SMILES string of the molecule is CCc1ccc(CCC(=O)N(Cc2ccc(OC)cc2)[C@H](C)C(=O)NC2CCCC2)cc1. The second-order valence-electron chi connectivity index (χ2n) is 8.71. The third-order valence-corrected chi connectivity index (χ3v) is 6.44. The summed E-state index contributed by atoms with van der Waals surface area (Å²) in [5, 5.41) is 3.15. The van der Waals surface area contributed by atoms with E-state index in [0.717, 1.165) is 49.0 Å². The lowest BCUT2D eigenvalue weighted by Gasteiger charge is -2.30. The molecule has 5 nitrogen and oxygen atoms in total. The number of ether oxygens (including phenoxy) is 1. The summed E-state index contributed by atoms with van der Waals surface area (Å²) in [6.07, 6.45) is 6.41. The van der Waals surface area contributed by atoms with Crippen molar-refractivity contribution in [2.45, 2.75) is 77.4 Å². The number of aryl methyl sites for hydroxylation is 2. The van der Waals surface area contributed by atoms with Crippen LogP contribution in [0.1, 0.15) is 62.6 Å². The molecule has 5 heteroatoms. The molecule has 2 amide bonds. The van der Waals surface area contributed by atoms with Crippen molar-refractivity contribution in [3.8, 4) is 5.75 Å². The summed E-state index contributed by atoms with van der Waals surface area (Å²) in [4.78, 5) is 27.9. The highest BCUT2D eigenvalue weighted by molar-refractivity contribution is 5.87. The number of nitrogens with zero attached hydrogens (tertiary/aromatic N) is 1. The van der Waals surface area contributed by atoms with Gasteiger partial charge in [0.25, 0.3) is 0 Å². The molecule has 0 heterocycles. The minimum absolute atomic E-state index is 0.00513. The van der Waals surface area contributed by atoms with Gasteiger partial charge < -0.3 is 15.0 Å². The molecule has 3 rings (SSSR count). The van der Waals surface area contributed by atoms with E-state index in [0.29, 0.717) is 19.4 Å². The molecule has 1 saturated carbocycles. The first-order chi connectivity index (χ1) is 15.5. The van der Waals surface area contributed by atoms with E-state index < -0.39 is 6.04 Å². The van der Waals surface area contributed by atoms with Crippen molar-refractivity contribution in [2.24, 2.45) is 0 Å². The Morgan fingerprint density at radius 1 is 1.00 bits per heavy atom. The summed E-state index contributed by atoms with van der Waals surface area (Å²) in [6.45, 7) is 4.37. The lowest BCUT2D eigenvalue weighted by molar-refractivity contribution is -0.140. The molecule has 1 fully saturated rings. The van der Waals surface area contributed by atoms with Crippen molar-refractivity contribution in [2.75, 3.05) is 7.11 Å². The number of amides is 2. The van der Waals surface area contributed by atoms with Gasteiger partial charge in [-0.1, -0.05) is 56.2 Å². The van der Waals surface area contributed by atoms with Crippen molar-refractivity contribution in [1.82, 2.24) is 10.2 Å². The third-order valence-electron chi connectivity index (χ3n) is 6.44. The Balaban J connectivity index is 1.69. The summed E-state index contributed by atoms with van der Waals surface area (Å²) in [7, 11) is 1.63. The number of rotatable bonds is 10. The van der Waals surface area contributed by atoms with E-state index in [1.54, 1.807) is 12.0 Å². The van der Waals surface area contributed by atoms with Crippen LogP contribution in [-0.2, 0) is 29.0 Å². The highest BCUT2D eigenvalue weighted by Crippen LogP contribution is 2.20. The van der Waals surface area contributed by atoms with E-state index >= 15 is 0 Å². The average molecular weight is 437 g/mol. The maximum Gasteiger partial charge on any atom is 0.242 e. The zero-order chi connectivity index (χ0) is 22.9. The van der Waals surface area contributed by atoms with Crippen LogP contribution in [0.4, 0.5) is 0 Å². The van der Waals surface area contributed by atoms with Crippen LogP contribution in [0.15, 0.2) is 48.5 Å². The van der Waals surface area contributed by atoms with Crippen LogP contribution < -0.4 is 10.1 Å². The van der Waals surface area contributed by atoms with Gasteiger partial charge in [0.2, 0.25) is 11.8 Å². The van der Waals surface area contributed by atoms with Crippen LogP contribution in [0.2, 0.25) is 0 Å². The lowest BCUT2D eigenvalue weighted by atomic mass is 10.0. The van der Waals surface area contributed by atoms with Gasteiger partial charge in [0.05, 0.1) is 7.11 Å². The second kappa shape index (κ2) is 11.7. The molecule has 1 atom stereocenters. The zero-order valence-corrected chi connectivity index (χ0v) is 19.6. The fourth-order valence-corrected chi connectivity index (χ4v) is 4.24. The van der Waals surface area contributed by atoms with Crippen molar-refractivity contribution < 1.29 is 14.3 Å². The Morgan fingerprint density at radius 2 is 1.59 bits per heavy atom. The fraction of sp³-hybridized carbons (Fsp3) is 0.481. The van der Waals surface area contributed by atoms with Gasteiger partial charge in [-0.3, -0.25) is 9.59 Å². The Labute approximate surface area is 192 Å². The molecule has 2 aromatic rings. The Bertz CT molecular complexity index is 871. The summed E-state index contributed by atoms with van der Waals surface area (Å²) >= 11 is 0. The molecular weight excluding hydrogens is 400 g/mol. The molecule has 1 aliphatic rings. The summed E-state index contributed by atoms with van der Waals surface area (Å²) in [6, 6.07) is 15.8. The predicted molar refractivity (Wildman–Crippen MR) is 128 cm³/mol. The normalized spacial score (nSPS) is 14.7. The minimum atomic E-state index is -0.521. The van der Waals surface area contributed by atoms with Crippen LogP contribution in [0, 0.1) is 0 Å². The number of hydrogen-bond acceptors (Lipinski definition) is 3. The quantitative estimate of drug-likeness (QED) is 0.589. The number of methoxy groups -OCH3 is 1. The molecule has 0 radical (unpaired) electrons. The first-order valence-electron chi connectivity index (χ1n) is 11.8. The number of carbonyl (C=O) groups excluding carboxylic acids is 2. The highest BCUT2D eigenvalue weighted by atomic mass is 16.5. The zero-order valence-electron chi connectivity index (χ0n) is 19.6. The Morgan fingerprint density at radius 3 is 2.19 bits per heavy atom. The smallest absolute Gasteiger partial charge is 0.242 e. The van der Waals surface area contributed by atoms with Gasteiger partial charge in [-0.05, 0) is 61.4 Å². The van der Waals surface area contributed by atoms with Crippen LogP contribution in [0.25, 0.3) is 0 Å². The van der Waals surface area contributed by atoms with Gasteiger partial charge in [0.15, 0.2) is 0 Å².